The number of rotatable bonds is 8. The molecule has 2 unspecified atom stereocenters. The number of hydrogen-bond acceptors (Lipinski definition) is 2. The Kier molecular flexibility index (Phi) is 5.48. The molecule has 0 bridgehead atoms. The fourth-order valence-corrected chi connectivity index (χ4v) is 2.94. The van der Waals surface area contributed by atoms with Crippen LogP contribution in [0.25, 0.3) is 0 Å². The van der Waals surface area contributed by atoms with E-state index in [2.05, 4.69) is 48.5 Å². The lowest BCUT2D eigenvalue weighted by Crippen LogP contribution is -2.72. The Hall–Kier alpha value is -0.0800. The highest BCUT2D eigenvalue weighted by molar-refractivity contribution is 5.11. The summed E-state index contributed by atoms with van der Waals surface area (Å²) in [5, 5.41) is 0. The van der Waals surface area contributed by atoms with Gasteiger partial charge in [0, 0.05) is 12.0 Å². The van der Waals surface area contributed by atoms with Gasteiger partial charge in [0.2, 0.25) is 0 Å². The summed E-state index contributed by atoms with van der Waals surface area (Å²) in [6.07, 6.45) is 5.10. The lowest BCUT2D eigenvalue weighted by molar-refractivity contribution is -0.360. The average Bonchev–Trinajstić information content (AvgIpc) is 2.32. The lowest BCUT2D eigenvalue weighted by atomic mass is 9.60. The van der Waals surface area contributed by atoms with E-state index in [9.17, 15) is 0 Å². The van der Waals surface area contributed by atoms with Gasteiger partial charge in [-0.2, -0.15) is 0 Å². The largest absolute Gasteiger partial charge is 0.378 e. The topological polar surface area (TPSA) is 18.5 Å². The summed E-state index contributed by atoms with van der Waals surface area (Å²) in [7, 11) is 0. The minimum atomic E-state index is -0.139. The molecule has 1 aliphatic rings. The van der Waals surface area contributed by atoms with Crippen LogP contribution in [0, 0.1) is 11.3 Å². The van der Waals surface area contributed by atoms with E-state index in [1.165, 1.54) is 25.7 Å². The zero-order valence-electron chi connectivity index (χ0n) is 14.1. The molecule has 0 aromatic rings. The minimum absolute atomic E-state index is 0.0442. The molecule has 1 fully saturated rings. The maximum absolute atomic E-state index is 6.10. The standard InChI is InChI=1S/C17H34O2/c1-8-10-11-14(9-2)12-18-13-17(7)15(3,4)16(5,6)19-17/h14H,8-13H2,1-7H3. The average molecular weight is 270 g/mol. The highest BCUT2D eigenvalue weighted by Gasteiger charge is 2.63. The van der Waals surface area contributed by atoms with Crippen LogP contribution in [0.5, 0.6) is 0 Å². The van der Waals surface area contributed by atoms with Gasteiger partial charge in [0.25, 0.3) is 0 Å². The van der Waals surface area contributed by atoms with E-state index in [0.717, 1.165) is 6.61 Å². The van der Waals surface area contributed by atoms with Gasteiger partial charge in [-0.05, 0) is 33.1 Å². The molecule has 2 heteroatoms. The van der Waals surface area contributed by atoms with Crippen molar-refractivity contribution in [2.75, 3.05) is 13.2 Å². The van der Waals surface area contributed by atoms with Crippen LogP contribution < -0.4 is 0 Å². The van der Waals surface area contributed by atoms with Crippen LogP contribution in [0.4, 0.5) is 0 Å². The second-order valence-electron chi connectivity index (χ2n) is 7.40. The SMILES string of the molecule is CCCCC(CC)COCC1(C)OC(C)(C)C1(C)C. The van der Waals surface area contributed by atoms with E-state index in [1.54, 1.807) is 0 Å². The Morgan fingerprint density at radius 2 is 1.68 bits per heavy atom. The molecule has 19 heavy (non-hydrogen) atoms. The van der Waals surface area contributed by atoms with Gasteiger partial charge in [0.05, 0.1) is 17.8 Å². The quantitative estimate of drug-likeness (QED) is 0.630. The van der Waals surface area contributed by atoms with Crippen molar-refractivity contribution in [2.24, 2.45) is 11.3 Å². The third kappa shape index (κ3) is 3.33. The molecule has 0 aliphatic carbocycles. The Morgan fingerprint density at radius 1 is 1.05 bits per heavy atom. The molecule has 0 N–H and O–H groups in total. The zero-order chi connectivity index (χ0) is 14.7. The van der Waals surface area contributed by atoms with Crippen molar-refractivity contribution >= 4 is 0 Å². The van der Waals surface area contributed by atoms with Crippen molar-refractivity contribution in [2.45, 2.75) is 85.4 Å². The normalized spacial score (nSPS) is 29.8. The van der Waals surface area contributed by atoms with E-state index in [-0.39, 0.29) is 16.6 Å². The number of ether oxygens (including phenoxy) is 2. The third-order valence-electron chi connectivity index (χ3n) is 5.58. The van der Waals surface area contributed by atoms with E-state index in [4.69, 9.17) is 9.47 Å². The summed E-state index contributed by atoms with van der Waals surface area (Å²) in [5.41, 5.74) is -0.0256. The first kappa shape index (κ1) is 17.0. The Balaban J connectivity index is 2.37. The van der Waals surface area contributed by atoms with E-state index in [1.807, 2.05) is 0 Å². The maximum Gasteiger partial charge on any atom is 0.0972 e. The lowest BCUT2D eigenvalue weighted by Gasteiger charge is -2.65. The zero-order valence-corrected chi connectivity index (χ0v) is 14.1. The summed E-state index contributed by atoms with van der Waals surface area (Å²) in [6.45, 7) is 17.2. The second kappa shape index (κ2) is 6.13. The Bertz CT molecular complexity index is 283. The first-order valence-corrected chi connectivity index (χ1v) is 7.98. The van der Waals surface area contributed by atoms with Crippen molar-refractivity contribution in [3.05, 3.63) is 0 Å². The van der Waals surface area contributed by atoms with Crippen molar-refractivity contribution in [3.8, 4) is 0 Å². The fourth-order valence-electron chi connectivity index (χ4n) is 2.94. The first-order chi connectivity index (χ1) is 8.70. The van der Waals surface area contributed by atoms with Gasteiger partial charge in [0.1, 0.15) is 0 Å². The second-order valence-corrected chi connectivity index (χ2v) is 7.40. The van der Waals surface area contributed by atoms with Gasteiger partial charge in [0.15, 0.2) is 0 Å². The summed E-state index contributed by atoms with van der Waals surface area (Å²) in [4.78, 5) is 0. The summed E-state index contributed by atoms with van der Waals surface area (Å²) < 4.78 is 12.1. The molecule has 0 radical (unpaired) electrons. The molecular formula is C17H34O2. The molecule has 2 nitrogen and oxygen atoms in total. The highest BCUT2D eigenvalue weighted by Crippen LogP contribution is 2.56. The van der Waals surface area contributed by atoms with Crippen LogP contribution in [-0.2, 0) is 9.47 Å². The van der Waals surface area contributed by atoms with Gasteiger partial charge in [-0.1, -0.05) is 47.0 Å². The summed E-state index contributed by atoms with van der Waals surface area (Å²) >= 11 is 0. The molecule has 0 amide bonds. The van der Waals surface area contributed by atoms with Crippen molar-refractivity contribution < 1.29 is 9.47 Å². The van der Waals surface area contributed by atoms with Crippen LogP contribution in [0.2, 0.25) is 0 Å². The van der Waals surface area contributed by atoms with Crippen LogP contribution in [0.15, 0.2) is 0 Å². The maximum atomic E-state index is 6.10. The highest BCUT2D eigenvalue weighted by atomic mass is 16.6. The van der Waals surface area contributed by atoms with Crippen molar-refractivity contribution in [3.63, 3.8) is 0 Å². The van der Waals surface area contributed by atoms with Crippen LogP contribution in [0.3, 0.4) is 0 Å². The number of unbranched alkanes of at least 4 members (excludes halogenated alkanes) is 1. The van der Waals surface area contributed by atoms with Gasteiger partial charge >= 0.3 is 0 Å². The van der Waals surface area contributed by atoms with E-state index >= 15 is 0 Å². The Labute approximate surface area is 120 Å². The molecule has 2 atom stereocenters. The third-order valence-corrected chi connectivity index (χ3v) is 5.58. The van der Waals surface area contributed by atoms with E-state index < -0.39 is 0 Å². The molecule has 1 aliphatic heterocycles. The fraction of sp³-hybridized carbons (Fsp3) is 1.00. The van der Waals surface area contributed by atoms with Crippen LogP contribution in [0.1, 0.15) is 74.1 Å². The summed E-state index contributed by atoms with van der Waals surface area (Å²) in [6, 6.07) is 0. The smallest absolute Gasteiger partial charge is 0.0972 e. The molecule has 1 saturated heterocycles. The van der Waals surface area contributed by atoms with Crippen molar-refractivity contribution in [1.82, 2.24) is 0 Å². The van der Waals surface area contributed by atoms with Crippen LogP contribution >= 0.6 is 0 Å². The van der Waals surface area contributed by atoms with E-state index in [0.29, 0.717) is 12.5 Å². The van der Waals surface area contributed by atoms with Gasteiger partial charge in [-0.3, -0.25) is 0 Å². The molecule has 0 aromatic heterocycles. The van der Waals surface area contributed by atoms with Crippen LogP contribution in [-0.4, -0.2) is 24.4 Å². The molecule has 0 spiro atoms. The monoisotopic (exact) mass is 270 g/mol. The number of hydrogen-bond donors (Lipinski definition) is 0. The molecular weight excluding hydrogens is 236 g/mol. The van der Waals surface area contributed by atoms with Gasteiger partial charge in [-0.25, -0.2) is 0 Å². The first-order valence-electron chi connectivity index (χ1n) is 7.98. The molecule has 1 heterocycles. The Morgan fingerprint density at radius 3 is 2.11 bits per heavy atom. The summed E-state index contributed by atoms with van der Waals surface area (Å²) in [5.74, 6) is 0.708. The minimum Gasteiger partial charge on any atom is -0.378 e. The molecule has 1 rings (SSSR count). The molecule has 0 saturated carbocycles. The van der Waals surface area contributed by atoms with Gasteiger partial charge < -0.3 is 9.47 Å². The predicted octanol–water partition coefficient (Wildman–Crippen LogP) is 4.81. The van der Waals surface area contributed by atoms with Crippen molar-refractivity contribution in [1.29, 1.82) is 0 Å². The molecule has 114 valence electrons. The molecule has 0 aromatic carbocycles. The predicted molar refractivity (Wildman–Crippen MR) is 81.5 cm³/mol. The van der Waals surface area contributed by atoms with Gasteiger partial charge in [-0.15, -0.1) is 0 Å².